The maximum atomic E-state index is 4.57. The van der Waals surface area contributed by atoms with Crippen molar-refractivity contribution in [3.8, 4) is 0 Å². The average Bonchev–Trinajstić information content (AvgIpc) is 3.05. The Kier molecular flexibility index (Phi) is 4.25. The molecule has 0 unspecified atom stereocenters. The van der Waals surface area contributed by atoms with Gasteiger partial charge in [-0.05, 0) is 37.5 Å². The molecule has 3 rings (SSSR count). The molecule has 0 spiro atoms. The van der Waals surface area contributed by atoms with E-state index >= 15 is 0 Å². The number of anilines is 1. The summed E-state index contributed by atoms with van der Waals surface area (Å²) in [5.41, 5.74) is 4.93. The minimum Gasteiger partial charge on any atom is -0.379 e. The van der Waals surface area contributed by atoms with Crippen LogP contribution in [0.3, 0.4) is 0 Å². The van der Waals surface area contributed by atoms with E-state index in [0.29, 0.717) is 0 Å². The number of hydrogen-bond donors (Lipinski definition) is 1. The van der Waals surface area contributed by atoms with E-state index < -0.39 is 0 Å². The van der Waals surface area contributed by atoms with Gasteiger partial charge < -0.3 is 5.32 Å². The molecule has 0 fully saturated rings. The van der Waals surface area contributed by atoms with Crippen LogP contribution >= 0.6 is 11.3 Å². The summed E-state index contributed by atoms with van der Waals surface area (Å²) in [5.74, 6) is 0. The molecule has 0 atom stereocenters. The van der Waals surface area contributed by atoms with Gasteiger partial charge in [0, 0.05) is 17.3 Å². The van der Waals surface area contributed by atoms with Crippen LogP contribution < -0.4 is 5.32 Å². The monoisotopic (exact) mass is 299 g/mol. The number of aryl methyl sites for hydroxylation is 2. The Hall–Kier alpha value is -1.81. The molecule has 0 radical (unpaired) electrons. The van der Waals surface area contributed by atoms with Gasteiger partial charge in [0.1, 0.15) is 0 Å². The fourth-order valence-corrected chi connectivity index (χ4v) is 3.29. The molecule has 2 aromatic heterocycles. The van der Waals surface area contributed by atoms with Crippen molar-refractivity contribution < 1.29 is 0 Å². The third-order valence-corrected chi connectivity index (χ3v) is 4.55. The van der Waals surface area contributed by atoms with Crippen molar-refractivity contribution in [1.29, 1.82) is 0 Å². The number of unbranched alkanes of at least 4 members (excludes halogenated alkanes) is 1. The fraction of sp³-hybridized carbons (Fsp3) is 0.353. The van der Waals surface area contributed by atoms with Gasteiger partial charge in [0.15, 0.2) is 4.96 Å². The third kappa shape index (κ3) is 3.10. The number of aromatic nitrogens is 2. The summed E-state index contributed by atoms with van der Waals surface area (Å²) >= 11 is 1.68. The molecule has 1 aromatic carbocycles. The van der Waals surface area contributed by atoms with Gasteiger partial charge in [-0.2, -0.15) is 0 Å². The number of fused-ring (bicyclic) bond motifs is 1. The van der Waals surface area contributed by atoms with Crippen LogP contribution in [0.4, 0.5) is 5.69 Å². The van der Waals surface area contributed by atoms with Crippen LogP contribution in [0.15, 0.2) is 35.8 Å². The predicted octanol–water partition coefficient (Wildman–Crippen LogP) is 4.66. The minimum atomic E-state index is 0.804. The molecule has 2 heterocycles. The topological polar surface area (TPSA) is 29.3 Å². The lowest BCUT2D eigenvalue weighted by molar-refractivity contribution is 0.795. The van der Waals surface area contributed by atoms with Gasteiger partial charge in [0.25, 0.3) is 0 Å². The van der Waals surface area contributed by atoms with Crippen LogP contribution in [0, 0.1) is 6.92 Å². The Morgan fingerprint density at radius 3 is 2.81 bits per heavy atom. The molecule has 0 saturated heterocycles. The Bertz CT molecular complexity index is 709. The molecule has 1 N–H and O–H groups in total. The lowest BCUT2D eigenvalue weighted by atomic mass is 10.1. The highest BCUT2D eigenvalue weighted by atomic mass is 32.1. The van der Waals surface area contributed by atoms with Gasteiger partial charge in [0.2, 0.25) is 0 Å². The summed E-state index contributed by atoms with van der Waals surface area (Å²) in [5, 5.41) is 5.57. The van der Waals surface area contributed by atoms with Gasteiger partial charge in [-0.15, -0.1) is 11.3 Å². The first-order valence-corrected chi connectivity index (χ1v) is 8.39. The molecule has 110 valence electrons. The SMILES string of the molecule is CCCCc1ccc(NCc2c(C)nc3sccn23)cc1. The van der Waals surface area contributed by atoms with Crippen LogP contribution in [-0.4, -0.2) is 9.38 Å². The maximum absolute atomic E-state index is 4.57. The van der Waals surface area contributed by atoms with E-state index in [-0.39, 0.29) is 0 Å². The zero-order valence-corrected chi connectivity index (χ0v) is 13.4. The quantitative estimate of drug-likeness (QED) is 0.717. The molecular weight excluding hydrogens is 278 g/mol. The summed E-state index contributed by atoms with van der Waals surface area (Å²) in [6.07, 6.45) is 5.77. The van der Waals surface area contributed by atoms with Crippen LogP contribution in [0.1, 0.15) is 36.7 Å². The van der Waals surface area contributed by atoms with E-state index in [1.165, 1.54) is 36.2 Å². The Morgan fingerprint density at radius 1 is 1.24 bits per heavy atom. The molecule has 4 heteroatoms. The number of thiazole rings is 1. The summed E-state index contributed by atoms with van der Waals surface area (Å²) in [4.78, 5) is 5.64. The second-order valence-electron chi connectivity index (χ2n) is 5.35. The molecule has 21 heavy (non-hydrogen) atoms. The van der Waals surface area contributed by atoms with Crippen LogP contribution in [0.2, 0.25) is 0 Å². The third-order valence-electron chi connectivity index (χ3n) is 3.79. The molecule has 3 nitrogen and oxygen atoms in total. The molecule has 0 amide bonds. The predicted molar refractivity (Wildman–Crippen MR) is 90.2 cm³/mol. The number of benzene rings is 1. The summed E-state index contributed by atoms with van der Waals surface area (Å²) in [6, 6.07) is 8.79. The smallest absolute Gasteiger partial charge is 0.194 e. The van der Waals surface area contributed by atoms with Gasteiger partial charge in [0.05, 0.1) is 17.9 Å². The van der Waals surface area contributed by atoms with Gasteiger partial charge in [-0.3, -0.25) is 4.40 Å². The maximum Gasteiger partial charge on any atom is 0.194 e. The molecule has 3 aromatic rings. The first-order chi connectivity index (χ1) is 10.3. The van der Waals surface area contributed by atoms with E-state index in [2.05, 4.69) is 64.4 Å². The largest absolute Gasteiger partial charge is 0.379 e. The van der Waals surface area contributed by atoms with Crippen LogP contribution in [0.25, 0.3) is 4.96 Å². The molecule has 0 saturated carbocycles. The van der Waals surface area contributed by atoms with Crippen molar-refractivity contribution >= 4 is 22.0 Å². The van der Waals surface area contributed by atoms with Gasteiger partial charge in [-0.25, -0.2) is 4.98 Å². The van der Waals surface area contributed by atoms with Crippen LogP contribution in [-0.2, 0) is 13.0 Å². The van der Waals surface area contributed by atoms with Crippen LogP contribution in [0.5, 0.6) is 0 Å². The second-order valence-corrected chi connectivity index (χ2v) is 6.23. The Morgan fingerprint density at radius 2 is 2.05 bits per heavy atom. The highest BCUT2D eigenvalue weighted by Gasteiger charge is 2.08. The van der Waals surface area contributed by atoms with Gasteiger partial charge >= 0.3 is 0 Å². The number of nitrogens with one attached hydrogen (secondary N) is 1. The van der Waals surface area contributed by atoms with E-state index in [4.69, 9.17) is 0 Å². The highest BCUT2D eigenvalue weighted by molar-refractivity contribution is 7.15. The van der Waals surface area contributed by atoms with Crippen molar-refractivity contribution in [1.82, 2.24) is 9.38 Å². The standard InChI is InChI=1S/C17H21N3S/c1-3-4-5-14-6-8-15(9-7-14)18-12-16-13(2)19-17-20(16)10-11-21-17/h6-11,18H,3-5,12H2,1-2H3. The van der Waals surface area contributed by atoms with Crippen molar-refractivity contribution in [2.45, 2.75) is 39.7 Å². The number of imidazole rings is 1. The average molecular weight is 299 g/mol. The highest BCUT2D eigenvalue weighted by Crippen LogP contribution is 2.18. The summed E-state index contributed by atoms with van der Waals surface area (Å²) < 4.78 is 2.17. The zero-order valence-electron chi connectivity index (χ0n) is 12.6. The molecule has 0 bridgehead atoms. The number of hydrogen-bond acceptors (Lipinski definition) is 3. The Balaban J connectivity index is 1.67. The van der Waals surface area contributed by atoms with Crippen molar-refractivity contribution in [2.75, 3.05) is 5.32 Å². The first-order valence-electron chi connectivity index (χ1n) is 7.51. The lowest BCUT2D eigenvalue weighted by Gasteiger charge is -2.08. The van der Waals surface area contributed by atoms with Crippen molar-refractivity contribution in [2.24, 2.45) is 0 Å². The molecule has 0 aliphatic carbocycles. The van der Waals surface area contributed by atoms with E-state index in [1.807, 2.05) is 0 Å². The normalized spacial score (nSPS) is 11.1. The van der Waals surface area contributed by atoms with Crippen molar-refractivity contribution in [3.63, 3.8) is 0 Å². The zero-order chi connectivity index (χ0) is 14.7. The Labute approximate surface area is 129 Å². The van der Waals surface area contributed by atoms with E-state index in [9.17, 15) is 0 Å². The molecule has 0 aliphatic rings. The summed E-state index contributed by atoms with van der Waals surface area (Å²) in [7, 11) is 0. The first kappa shape index (κ1) is 14.1. The second kappa shape index (κ2) is 6.31. The number of nitrogens with zero attached hydrogens (tertiary/aromatic N) is 2. The number of rotatable bonds is 6. The summed E-state index contributed by atoms with van der Waals surface area (Å²) in [6.45, 7) is 5.11. The molecular formula is C17H21N3S. The van der Waals surface area contributed by atoms with Crippen molar-refractivity contribution in [3.05, 3.63) is 52.8 Å². The van der Waals surface area contributed by atoms with Gasteiger partial charge in [-0.1, -0.05) is 25.5 Å². The fourth-order valence-electron chi connectivity index (χ4n) is 2.51. The van der Waals surface area contributed by atoms with E-state index in [0.717, 1.165) is 17.2 Å². The molecule has 0 aliphatic heterocycles. The van der Waals surface area contributed by atoms with E-state index in [1.54, 1.807) is 11.3 Å². The lowest BCUT2D eigenvalue weighted by Crippen LogP contribution is -2.03. The minimum absolute atomic E-state index is 0.804.